The number of aromatic nitrogens is 1. The largest absolute Gasteiger partial charge is 0.494 e. The fraction of sp³-hybridized carbons (Fsp3) is 0.316. The van der Waals surface area contributed by atoms with Crippen LogP contribution in [0.2, 0.25) is 0 Å². The van der Waals surface area contributed by atoms with Crippen LogP contribution in [0.4, 0.5) is 0 Å². The van der Waals surface area contributed by atoms with Gasteiger partial charge < -0.3 is 9.84 Å². The van der Waals surface area contributed by atoms with Gasteiger partial charge in [-0.2, -0.15) is 0 Å². The second-order valence-electron chi connectivity index (χ2n) is 6.01. The summed E-state index contributed by atoms with van der Waals surface area (Å²) in [6, 6.07) is 7.59. The van der Waals surface area contributed by atoms with E-state index in [4.69, 9.17) is 9.84 Å². The van der Waals surface area contributed by atoms with E-state index in [1.165, 1.54) is 0 Å². The van der Waals surface area contributed by atoms with Crippen molar-refractivity contribution in [3.05, 3.63) is 45.8 Å². The third-order valence-electron chi connectivity index (χ3n) is 4.11. The van der Waals surface area contributed by atoms with E-state index in [1.807, 2.05) is 51.2 Å². The van der Waals surface area contributed by atoms with Gasteiger partial charge in [-0.25, -0.2) is 4.21 Å². The molecule has 1 atom stereocenters. The molecule has 0 amide bonds. The van der Waals surface area contributed by atoms with Crippen LogP contribution in [0.15, 0.2) is 35.4 Å². The average Bonchev–Trinajstić information content (AvgIpc) is 3.12. The number of benzene rings is 1. The summed E-state index contributed by atoms with van der Waals surface area (Å²) in [5.74, 6) is -0.125. The molecule has 0 saturated carbocycles. The zero-order valence-electron chi connectivity index (χ0n) is 14.9. The molecule has 3 aromatic rings. The van der Waals surface area contributed by atoms with Gasteiger partial charge in [-0.15, -0.1) is 11.3 Å². The van der Waals surface area contributed by atoms with Gasteiger partial charge in [-0.05, 0) is 57.0 Å². The van der Waals surface area contributed by atoms with Gasteiger partial charge in [-0.1, -0.05) is 0 Å². The first kappa shape index (κ1) is 18.7. The molecule has 2 aromatic heterocycles. The second-order valence-corrected chi connectivity index (χ2v) is 8.80. The quantitative estimate of drug-likeness (QED) is 0.652. The first-order chi connectivity index (χ1) is 12.4. The molecule has 0 saturated heterocycles. The summed E-state index contributed by atoms with van der Waals surface area (Å²) in [5.41, 5.74) is 1.68. The van der Waals surface area contributed by atoms with Crippen molar-refractivity contribution in [2.45, 2.75) is 38.5 Å². The predicted molar refractivity (Wildman–Crippen MR) is 105 cm³/mol. The minimum absolute atomic E-state index is 0.0290. The van der Waals surface area contributed by atoms with Gasteiger partial charge in [0.15, 0.2) is 11.0 Å². The Kier molecular flexibility index (Phi) is 5.48. The van der Waals surface area contributed by atoms with Crippen LogP contribution in [0.25, 0.3) is 10.9 Å². The number of aliphatic carboxylic acids is 1. The van der Waals surface area contributed by atoms with Crippen LogP contribution >= 0.6 is 11.3 Å². The Balaban J connectivity index is 2.11. The Labute approximate surface area is 158 Å². The van der Waals surface area contributed by atoms with Crippen LogP contribution in [0.5, 0.6) is 5.75 Å². The maximum atomic E-state index is 13.2. The molecule has 0 fully saturated rings. The predicted octanol–water partition coefficient (Wildman–Crippen LogP) is 4.31. The zero-order chi connectivity index (χ0) is 18.8. The van der Waals surface area contributed by atoms with Crippen molar-refractivity contribution < 1.29 is 18.8 Å². The van der Waals surface area contributed by atoms with E-state index >= 15 is 0 Å². The van der Waals surface area contributed by atoms with Crippen LogP contribution < -0.4 is 4.74 Å². The van der Waals surface area contributed by atoms with Crippen molar-refractivity contribution >= 4 is 39.2 Å². The molecule has 0 aliphatic rings. The SMILES string of the molecule is CCOc1ccc2c(c1)c(CCC(=O)O)cn2S(=O)c1cc(C)sc1C. The van der Waals surface area contributed by atoms with Crippen molar-refractivity contribution in [2.24, 2.45) is 0 Å². The summed E-state index contributed by atoms with van der Waals surface area (Å²) >= 11 is 1.62. The van der Waals surface area contributed by atoms with Gasteiger partial charge in [-0.3, -0.25) is 8.77 Å². The van der Waals surface area contributed by atoms with Gasteiger partial charge in [0.1, 0.15) is 5.75 Å². The monoisotopic (exact) mass is 391 g/mol. The molecule has 1 N–H and O–H groups in total. The number of thiophene rings is 1. The molecule has 3 rings (SSSR count). The normalized spacial score (nSPS) is 12.4. The van der Waals surface area contributed by atoms with Crippen LogP contribution in [0, 0.1) is 13.8 Å². The Morgan fingerprint density at radius 3 is 2.69 bits per heavy atom. The number of nitrogens with zero attached hydrogens (tertiary/aromatic N) is 1. The smallest absolute Gasteiger partial charge is 0.303 e. The second kappa shape index (κ2) is 7.63. The minimum Gasteiger partial charge on any atom is -0.494 e. The van der Waals surface area contributed by atoms with Crippen LogP contribution in [0.1, 0.15) is 28.7 Å². The number of hydrogen-bond acceptors (Lipinski definition) is 4. The molecule has 138 valence electrons. The van der Waals surface area contributed by atoms with E-state index in [0.29, 0.717) is 13.0 Å². The van der Waals surface area contributed by atoms with E-state index in [2.05, 4.69) is 0 Å². The third-order valence-corrected chi connectivity index (χ3v) is 6.66. The standard InChI is InChI=1S/C19H21NO4S2/c1-4-24-15-6-7-17-16(10-15)14(5-8-19(21)22)11-20(17)26(23)18-9-12(2)25-13(18)3/h6-7,9-11H,4-5,8H2,1-3H3,(H,21,22). The van der Waals surface area contributed by atoms with Crippen molar-refractivity contribution in [1.82, 2.24) is 3.97 Å². The minimum atomic E-state index is -1.38. The van der Waals surface area contributed by atoms with Crippen molar-refractivity contribution in [2.75, 3.05) is 6.61 Å². The molecule has 26 heavy (non-hydrogen) atoms. The molecule has 2 heterocycles. The Hall–Kier alpha value is -2.12. The highest BCUT2D eigenvalue weighted by molar-refractivity contribution is 7.84. The topological polar surface area (TPSA) is 68.5 Å². The molecular weight excluding hydrogens is 370 g/mol. The number of carbonyl (C=O) groups is 1. The van der Waals surface area contributed by atoms with Crippen molar-refractivity contribution in [3.8, 4) is 5.75 Å². The first-order valence-corrected chi connectivity index (χ1v) is 10.3. The maximum Gasteiger partial charge on any atom is 0.303 e. The Bertz CT molecular complexity index is 987. The summed E-state index contributed by atoms with van der Waals surface area (Å²) in [4.78, 5) is 13.9. The summed E-state index contributed by atoms with van der Waals surface area (Å²) in [6.45, 7) is 6.43. The van der Waals surface area contributed by atoms with E-state index < -0.39 is 17.0 Å². The van der Waals surface area contributed by atoms with Crippen molar-refractivity contribution in [1.29, 1.82) is 0 Å². The lowest BCUT2D eigenvalue weighted by Gasteiger charge is -2.06. The number of carboxylic acids is 1. The first-order valence-electron chi connectivity index (χ1n) is 8.38. The molecule has 1 aromatic carbocycles. The number of ether oxygens (including phenoxy) is 1. The number of hydrogen-bond donors (Lipinski definition) is 1. The maximum absolute atomic E-state index is 13.2. The molecule has 0 radical (unpaired) electrons. The molecule has 0 bridgehead atoms. The highest BCUT2D eigenvalue weighted by Gasteiger charge is 2.18. The van der Waals surface area contributed by atoms with Gasteiger partial charge in [0.05, 0.1) is 17.0 Å². The highest BCUT2D eigenvalue weighted by Crippen LogP contribution is 2.31. The van der Waals surface area contributed by atoms with Crippen LogP contribution in [-0.2, 0) is 22.2 Å². The highest BCUT2D eigenvalue weighted by atomic mass is 32.2. The van der Waals surface area contributed by atoms with Crippen LogP contribution in [-0.4, -0.2) is 25.9 Å². The molecule has 0 aliphatic heterocycles. The average molecular weight is 392 g/mol. The lowest BCUT2D eigenvalue weighted by atomic mass is 10.1. The number of fused-ring (bicyclic) bond motifs is 1. The molecule has 0 aliphatic carbocycles. The van der Waals surface area contributed by atoms with Gasteiger partial charge in [0.2, 0.25) is 0 Å². The van der Waals surface area contributed by atoms with Crippen molar-refractivity contribution in [3.63, 3.8) is 0 Å². The zero-order valence-corrected chi connectivity index (χ0v) is 16.6. The van der Waals surface area contributed by atoms with Gasteiger partial charge in [0, 0.05) is 27.8 Å². The van der Waals surface area contributed by atoms with E-state index in [-0.39, 0.29) is 6.42 Å². The van der Waals surface area contributed by atoms with E-state index in [9.17, 15) is 9.00 Å². The third kappa shape index (κ3) is 3.68. The number of aryl methyl sites for hydroxylation is 3. The number of carboxylic acid groups (broad SMARTS) is 1. The molecule has 1 unspecified atom stereocenters. The Morgan fingerprint density at radius 1 is 1.31 bits per heavy atom. The molecule has 5 nitrogen and oxygen atoms in total. The Morgan fingerprint density at radius 2 is 2.08 bits per heavy atom. The van der Waals surface area contributed by atoms with Crippen LogP contribution in [0.3, 0.4) is 0 Å². The molecule has 7 heteroatoms. The lowest BCUT2D eigenvalue weighted by molar-refractivity contribution is -0.136. The molecule has 0 spiro atoms. The van der Waals surface area contributed by atoms with E-state index in [1.54, 1.807) is 15.3 Å². The van der Waals surface area contributed by atoms with E-state index in [0.717, 1.165) is 36.9 Å². The summed E-state index contributed by atoms with van der Waals surface area (Å²) in [5, 5.41) is 9.91. The fourth-order valence-corrected chi connectivity index (χ4v) is 5.50. The number of rotatable bonds is 7. The summed E-state index contributed by atoms with van der Waals surface area (Å²) in [6.07, 6.45) is 2.22. The summed E-state index contributed by atoms with van der Waals surface area (Å²) in [7, 11) is -1.38. The molecular formula is C19H21NO4S2. The van der Waals surface area contributed by atoms with Gasteiger partial charge >= 0.3 is 5.97 Å². The fourth-order valence-electron chi connectivity index (χ4n) is 2.97. The lowest BCUT2D eigenvalue weighted by Crippen LogP contribution is -2.03. The summed E-state index contributed by atoms with van der Waals surface area (Å²) < 4.78 is 20.5. The van der Waals surface area contributed by atoms with Gasteiger partial charge in [0.25, 0.3) is 0 Å².